The Bertz CT molecular complexity index is 842. The van der Waals surface area contributed by atoms with Crippen LogP contribution in [0.1, 0.15) is 10.5 Å². The maximum absolute atomic E-state index is 12.3. The normalized spacial score (nSPS) is 10.6. The van der Waals surface area contributed by atoms with Gasteiger partial charge in [0.05, 0.1) is 26.8 Å². The van der Waals surface area contributed by atoms with Crippen LogP contribution in [0.4, 0.5) is 5.13 Å². The first-order valence-electron chi connectivity index (χ1n) is 6.70. The van der Waals surface area contributed by atoms with E-state index in [1.54, 1.807) is 45.0 Å². The van der Waals surface area contributed by atoms with Gasteiger partial charge in [0.25, 0.3) is 5.91 Å². The topological polar surface area (TPSA) is 85.5 Å². The van der Waals surface area contributed by atoms with Gasteiger partial charge < -0.3 is 19.2 Å². The van der Waals surface area contributed by atoms with E-state index in [2.05, 4.69) is 15.3 Å². The van der Waals surface area contributed by atoms with Crippen molar-refractivity contribution in [1.29, 1.82) is 0 Å². The van der Waals surface area contributed by atoms with Gasteiger partial charge in [-0.1, -0.05) is 0 Å². The van der Waals surface area contributed by atoms with Crippen LogP contribution in [0.5, 0.6) is 17.2 Å². The third-order valence-corrected chi connectivity index (χ3v) is 4.03. The first kappa shape index (κ1) is 15.2. The number of nitrogens with zero attached hydrogens (tertiary/aromatic N) is 1. The van der Waals surface area contributed by atoms with Crippen LogP contribution in [0.3, 0.4) is 0 Å². The van der Waals surface area contributed by atoms with Gasteiger partial charge in [-0.2, -0.15) is 0 Å². The number of aromatic nitrogens is 2. The van der Waals surface area contributed by atoms with E-state index in [0.29, 0.717) is 33.6 Å². The van der Waals surface area contributed by atoms with Crippen molar-refractivity contribution in [1.82, 2.24) is 9.97 Å². The molecule has 1 aromatic carbocycles. The quantitative estimate of drug-likeness (QED) is 0.750. The number of carbonyl (C=O) groups excluding carboxylic acids is 1. The summed E-state index contributed by atoms with van der Waals surface area (Å²) in [6.45, 7) is 0. The smallest absolute Gasteiger partial charge is 0.273 e. The van der Waals surface area contributed by atoms with Gasteiger partial charge >= 0.3 is 0 Å². The van der Waals surface area contributed by atoms with Gasteiger partial charge in [-0.15, -0.1) is 11.3 Å². The van der Waals surface area contributed by atoms with Gasteiger partial charge in [0, 0.05) is 23.0 Å². The van der Waals surface area contributed by atoms with Crippen LogP contribution in [-0.4, -0.2) is 37.2 Å². The van der Waals surface area contributed by atoms with Gasteiger partial charge in [-0.05, 0) is 6.07 Å². The average Bonchev–Trinajstić information content (AvgIpc) is 3.22. The Labute approximate surface area is 136 Å². The summed E-state index contributed by atoms with van der Waals surface area (Å²) in [6.07, 6.45) is 1.63. The zero-order valence-corrected chi connectivity index (χ0v) is 13.6. The van der Waals surface area contributed by atoms with E-state index < -0.39 is 0 Å². The number of aromatic amines is 1. The molecule has 2 aromatic heterocycles. The van der Waals surface area contributed by atoms with Crippen LogP contribution in [0.2, 0.25) is 0 Å². The Morgan fingerprint density at radius 3 is 2.57 bits per heavy atom. The number of benzene rings is 1. The summed E-state index contributed by atoms with van der Waals surface area (Å²) in [4.78, 5) is 19.4. The molecule has 7 nitrogen and oxygen atoms in total. The van der Waals surface area contributed by atoms with Crippen LogP contribution >= 0.6 is 11.3 Å². The molecule has 0 unspecified atom stereocenters. The number of methoxy groups -OCH3 is 3. The van der Waals surface area contributed by atoms with Gasteiger partial charge in [0.2, 0.25) is 0 Å². The van der Waals surface area contributed by atoms with Crippen LogP contribution < -0.4 is 19.5 Å². The van der Waals surface area contributed by atoms with Crippen molar-refractivity contribution in [2.24, 2.45) is 0 Å². The zero-order chi connectivity index (χ0) is 16.4. The van der Waals surface area contributed by atoms with Crippen molar-refractivity contribution in [3.63, 3.8) is 0 Å². The number of thiazole rings is 1. The Morgan fingerprint density at radius 1 is 1.17 bits per heavy atom. The summed E-state index contributed by atoms with van der Waals surface area (Å²) >= 11 is 1.35. The van der Waals surface area contributed by atoms with Crippen LogP contribution in [0.25, 0.3) is 10.9 Å². The molecule has 0 saturated heterocycles. The summed E-state index contributed by atoms with van der Waals surface area (Å²) in [6, 6.07) is 3.43. The van der Waals surface area contributed by atoms with E-state index in [4.69, 9.17) is 14.2 Å². The molecule has 0 aliphatic rings. The maximum atomic E-state index is 12.3. The van der Waals surface area contributed by atoms with E-state index in [1.165, 1.54) is 11.3 Å². The second-order valence-electron chi connectivity index (χ2n) is 4.58. The largest absolute Gasteiger partial charge is 0.496 e. The molecule has 1 amide bonds. The molecular weight excluding hydrogens is 318 g/mol. The third kappa shape index (κ3) is 2.68. The van der Waals surface area contributed by atoms with Crippen molar-refractivity contribution >= 4 is 33.3 Å². The van der Waals surface area contributed by atoms with Crippen molar-refractivity contribution in [3.8, 4) is 17.2 Å². The monoisotopic (exact) mass is 333 g/mol. The van der Waals surface area contributed by atoms with E-state index >= 15 is 0 Å². The molecule has 0 fully saturated rings. The Morgan fingerprint density at radius 2 is 1.96 bits per heavy atom. The highest BCUT2D eigenvalue weighted by Gasteiger charge is 2.19. The van der Waals surface area contributed by atoms with Crippen LogP contribution in [0.15, 0.2) is 23.7 Å². The minimum absolute atomic E-state index is 0.292. The molecule has 23 heavy (non-hydrogen) atoms. The number of H-pyrrole nitrogens is 1. The molecule has 120 valence electrons. The molecule has 8 heteroatoms. The van der Waals surface area contributed by atoms with E-state index in [0.717, 1.165) is 5.39 Å². The minimum Gasteiger partial charge on any atom is -0.496 e. The van der Waals surface area contributed by atoms with Gasteiger partial charge in [0.1, 0.15) is 11.4 Å². The maximum Gasteiger partial charge on any atom is 0.273 e. The average molecular weight is 333 g/mol. The van der Waals surface area contributed by atoms with Gasteiger partial charge in [-0.3, -0.25) is 10.1 Å². The number of nitrogens with one attached hydrogen (secondary N) is 2. The van der Waals surface area contributed by atoms with E-state index in [-0.39, 0.29) is 5.91 Å². The van der Waals surface area contributed by atoms with E-state index in [9.17, 15) is 4.79 Å². The summed E-state index contributed by atoms with van der Waals surface area (Å²) in [5, 5.41) is 5.78. The van der Waals surface area contributed by atoms with Crippen molar-refractivity contribution in [3.05, 3.63) is 29.4 Å². The second-order valence-corrected chi connectivity index (χ2v) is 5.47. The Kier molecular flexibility index (Phi) is 4.07. The van der Waals surface area contributed by atoms with Crippen molar-refractivity contribution < 1.29 is 19.0 Å². The summed E-state index contributed by atoms with van der Waals surface area (Å²) in [5.41, 5.74) is 1.01. The van der Waals surface area contributed by atoms with Gasteiger partial charge in [0.15, 0.2) is 16.6 Å². The fourth-order valence-corrected chi connectivity index (χ4v) is 2.83. The molecule has 0 bridgehead atoms. The number of hydrogen-bond donors (Lipinski definition) is 2. The molecule has 2 heterocycles. The molecule has 3 rings (SSSR count). The predicted molar refractivity (Wildman–Crippen MR) is 88.0 cm³/mol. The number of fused-ring (bicyclic) bond motifs is 1. The molecule has 0 aliphatic carbocycles. The summed E-state index contributed by atoms with van der Waals surface area (Å²) in [5.74, 6) is 1.32. The standard InChI is InChI=1S/C15H15N3O4S/c1-20-10-7-11(21-2)13(22-3)12-8(10)6-9(17-12)14(19)18-15-16-4-5-23-15/h4-7,17H,1-3H3,(H,16,18,19). The second kappa shape index (κ2) is 6.17. The third-order valence-electron chi connectivity index (χ3n) is 3.34. The number of amides is 1. The number of carbonyl (C=O) groups is 1. The summed E-state index contributed by atoms with van der Waals surface area (Å²) < 4.78 is 16.1. The molecule has 0 atom stereocenters. The zero-order valence-electron chi connectivity index (χ0n) is 12.8. The lowest BCUT2D eigenvalue weighted by Gasteiger charge is -2.11. The molecular formula is C15H15N3O4S. The molecule has 3 aromatic rings. The highest BCUT2D eigenvalue weighted by molar-refractivity contribution is 7.13. The Hall–Kier alpha value is -2.74. The number of ether oxygens (including phenoxy) is 3. The van der Waals surface area contributed by atoms with Crippen LogP contribution in [0, 0.1) is 0 Å². The predicted octanol–water partition coefficient (Wildman–Crippen LogP) is 2.90. The Balaban J connectivity index is 2.08. The highest BCUT2D eigenvalue weighted by Crippen LogP contribution is 2.41. The molecule has 2 N–H and O–H groups in total. The van der Waals surface area contributed by atoms with Crippen molar-refractivity contribution in [2.45, 2.75) is 0 Å². The lowest BCUT2D eigenvalue weighted by molar-refractivity contribution is 0.102. The fraction of sp³-hybridized carbons (Fsp3) is 0.200. The summed E-state index contributed by atoms with van der Waals surface area (Å²) in [7, 11) is 4.64. The van der Waals surface area contributed by atoms with E-state index in [1.807, 2.05) is 0 Å². The lowest BCUT2D eigenvalue weighted by Crippen LogP contribution is -2.11. The SMILES string of the molecule is COc1cc(OC)c2cc(C(=O)Nc3nccs3)[nH]c2c1OC. The number of anilines is 1. The highest BCUT2D eigenvalue weighted by atomic mass is 32.1. The van der Waals surface area contributed by atoms with Crippen molar-refractivity contribution in [2.75, 3.05) is 26.6 Å². The number of hydrogen-bond acceptors (Lipinski definition) is 6. The molecule has 0 saturated carbocycles. The molecule has 0 radical (unpaired) electrons. The first-order valence-corrected chi connectivity index (χ1v) is 7.58. The molecule has 0 aliphatic heterocycles. The fourth-order valence-electron chi connectivity index (χ4n) is 2.31. The van der Waals surface area contributed by atoms with Gasteiger partial charge in [-0.25, -0.2) is 4.98 Å². The molecule has 0 spiro atoms. The lowest BCUT2D eigenvalue weighted by atomic mass is 10.2. The minimum atomic E-state index is -0.292. The van der Waals surface area contributed by atoms with Crippen LogP contribution in [-0.2, 0) is 0 Å². The number of rotatable bonds is 5. The first-order chi connectivity index (χ1) is 11.2.